The number of benzene rings is 2. The molecule has 0 spiro atoms. The number of aliphatic hydroxyl groups excluding tert-OH is 1. The molecule has 2 rings (SSSR count). The van der Waals surface area contributed by atoms with Crippen molar-refractivity contribution in [2.75, 3.05) is 12.3 Å². The van der Waals surface area contributed by atoms with Crippen LogP contribution in [0.15, 0.2) is 53.4 Å². The van der Waals surface area contributed by atoms with Crippen LogP contribution < -0.4 is 10.5 Å². The van der Waals surface area contributed by atoms with Crippen molar-refractivity contribution < 1.29 is 13.5 Å². The van der Waals surface area contributed by atoms with Crippen LogP contribution in [-0.2, 0) is 10.0 Å². The molecule has 21 heavy (non-hydrogen) atoms. The van der Waals surface area contributed by atoms with Gasteiger partial charge < -0.3 is 10.8 Å². The summed E-state index contributed by atoms with van der Waals surface area (Å²) in [7, 11) is -3.89. The normalized spacial score (nSPS) is 13.0. The molecule has 0 saturated heterocycles. The molecule has 0 radical (unpaired) electrons. The second-order valence-corrected chi connectivity index (χ2v) is 6.55. The van der Waals surface area contributed by atoms with Crippen LogP contribution in [0.4, 0.5) is 5.69 Å². The Morgan fingerprint density at radius 1 is 1.19 bits per heavy atom. The van der Waals surface area contributed by atoms with Gasteiger partial charge in [0.2, 0.25) is 10.0 Å². The maximum atomic E-state index is 12.4. The van der Waals surface area contributed by atoms with Crippen LogP contribution in [0.25, 0.3) is 0 Å². The van der Waals surface area contributed by atoms with Crippen molar-refractivity contribution in [1.82, 2.24) is 4.72 Å². The molecule has 0 heterocycles. The van der Waals surface area contributed by atoms with Crippen molar-refractivity contribution in [2.45, 2.75) is 10.9 Å². The topological polar surface area (TPSA) is 92.4 Å². The molecule has 0 aromatic heterocycles. The SMILES string of the molecule is Nc1ccc(Cl)c(S(=O)(=O)N[C@@H](CO)c2ccccc2)c1. The minimum atomic E-state index is -3.89. The maximum Gasteiger partial charge on any atom is 0.242 e. The Bertz CT molecular complexity index is 720. The number of halogens is 1. The molecule has 112 valence electrons. The molecular formula is C14H15ClN2O3S. The standard InChI is InChI=1S/C14H15ClN2O3S/c15-12-7-6-11(16)8-14(12)21(19,20)17-13(9-18)10-4-2-1-3-5-10/h1-8,13,17-18H,9,16H2/t13-/m0/s1. The largest absolute Gasteiger partial charge is 0.399 e. The Labute approximate surface area is 128 Å². The molecule has 0 saturated carbocycles. The van der Waals surface area contributed by atoms with Gasteiger partial charge in [0.25, 0.3) is 0 Å². The summed E-state index contributed by atoms with van der Waals surface area (Å²) in [5.41, 5.74) is 6.55. The zero-order valence-electron chi connectivity index (χ0n) is 11.0. The van der Waals surface area contributed by atoms with E-state index in [9.17, 15) is 13.5 Å². The first-order valence-corrected chi connectivity index (χ1v) is 8.03. The van der Waals surface area contributed by atoms with Gasteiger partial charge in [-0.15, -0.1) is 0 Å². The van der Waals surface area contributed by atoms with E-state index >= 15 is 0 Å². The first kappa shape index (κ1) is 15.8. The highest BCUT2D eigenvalue weighted by Crippen LogP contribution is 2.25. The highest BCUT2D eigenvalue weighted by Gasteiger charge is 2.23. The summed E-state index contributed by atoms with van der Waals surface area (Å²) in [4.78, 5) is -0.112. The molecule has 0 aliphatic carbocycles. The van der Waals surface area contributed by atoms with Gasteiger partial charge in [0.1, 0.15) is 4.90 Å². The minimum absolute atomic E-state index is 0.0708. The summed E-state index contributed by atoms with van der Waals surface area (Å²) < 4.78 is 27.2. The number of anilines is 1. The molecule has 0 fully saturated rings. The van der Waals surface area contributed by atoms with Crippen LogP contribution in [-0.4, -0.2) is 20.1 Å². The van der Waals surface area contributed by atoms with Crippen LogP contribution >= 0.6 is 11.6 Å². The molecule has 0 bridgehead atoms. The lowest BCUT2D eigenvalue weighted by atomic mass is 10.1. The van der Waals surface area contributed by atoms with Gasteiger partial charge in [-0.1, -0.05) is 41.9 Å². The fraction of sp³-hybridized carbons (Fsp3) is 0.143. The van der Waals surface area contributed by atoms with Crippen LogP contribution in [0, 0.1) is 0 Å². The van der Waals surface area contributed by atoms with Crippen molar-refractivity contribution >= 4 is 27.3 Å². The van der Waals surface area contributed by atoms with Gasteiger partial charge in [-0.3, -0.25) is 0 Å². The number of sulfonamides is 1. The third kappa shape index (κ3) is 3.74. The van der Waals surface area contributed by atoms with Gasteiger partial charge in [-0.05, 0) is 23.8 Å². The number of hydrogen-bond acceptors (Lipinski definition) is 4. The summed E-state index contributed by atoms with van der Waals surface area (Å²) in [6.07, 6.45) is 0. The van der Waals surface area contributed by atoms with E-state index in [0.29, 0.717) is 11.3 Å². The van der Waals surface area contributed by atoms with Crippen LogP contribution in [0.1, 0.15) is 11.6 Å². The van der Waals surface area contributed by atoms with Gasteiger partial charge >= 0.3 is 0 Å². The van der Waals surface area contributed by atoms with E-state index < -0.39 is 16.1 Å². The average molecular weight is 327 g/mol. The van der Waals surface area contributed by atoms with Gasteiger partial charge in [0.15, 0.2) is 0 Å². The van der Waals surface area contributed by atoms with Crippen molar-refractivity contribution in [1.29, 1.82) is 0 Å². The summed E-state index contributed by atoms with van der Waals surface area (Å²) >= 11 is 5.92. The number of nitrogens with two attached hydrogens (primary N) is 1. The fourth-order valence-electron chi connectivity index (χ4n) is 1.87. The molecule has 4 N–H and O–H groups in total. The van der Waals surface area contributed by atoms with E-state index in [0.717, 1.165) is 0 Å². The van der Waals surface area contributed by atoms with E-state index in [1.54, 1.807) is 30.3 Å². The van der Waals surface area contributed by atoms with Crippen molar-refractivity contribution in [3.8, 4) is 0 Å². The Balaban J connectivity index is 2.34. The predicted octanol–water partition coefficient (Wildman–Crippen LogP) is 1.93. The van der Waals surface area contributed by atoms with Crippen molar-refractivity contribution in [2.24, 2.45) is 0 Å². The molecule has 5 nitrogen and oxygen atoms in total. The lowest BCUT2D eigenvalue weighted by Crippen LogP contribution is -2.31. The van der Waals surface area contributed by atoms with Crippen LogP contribution in [0.3, 0.4) is 0 Å². The second-order valence-electron chi connectivity index (χ2n) is 4.46. The molecule has 2 aromatic carbocycles. The third-order valence-electron chi connectivity index (χ3n) is 2.93. The van der Waals surface area contributed by atoms with E-state index in [4.69, 9.17) is 17.3 Å². The van der Waals surface area contributed by atoms with Crippen LogP contribution in [0.5, 0.6) is 0 Å². The Hall–Kier alpha value is -1.60. The fourth-order valence-corrected chi connectivity index (χ4v) is 3.62. The molecule has 1 atom stereocenters. The highest BCUT2D eigenvalue weighted by molar-refractivity contribution is 7.89. The first-order valence-electron chi connectivity index (χ1n) is 6.17. The summed E-state index contributed by atoms with van der Waals surface area (Å²) in [5, 5.41) is 9.50. The monoisotopic (exact) mass is 326 g/mol. The van der Waals surface area contributed by atoms with Crippen molar-refractivity contribution in [3.05, 3.63) is 59.1 Å². The van der Waals surface area contributed by atoms with E-state index in [1.165, 1.54) is 18.2 Å². The molecule has 0 aliphatic rings. The van der Waals surface area contributed by atoms with E-state index in [2.05, 4.69) is 4.72 Å². The van der Waals surface area contributed by atoms with Gasteiger partial charge in [-0.25, -0.2) is 13.1 Å². The Morgan fingerprint density at radius 2 is 1.86 bits per heavy atom. The van der Waals surface area contributed by atoms with Gasteiger partial charge in [0, 0.05) is 5.69 Å². The van der Waals surface area contributed by atoms with Gasteiger partial charge in [-0.2, -0.15) is 0 Å². The Kier molecular flexibility index (Phi) is 4.84. The van der Waals surface area contributed by atoms with Crippen LogP contribution in [0.2, 0.25) is 5.02 Å². The lowest BCUT2D eigenvalue weighted by Gasteiger charge is -2.17. The predicted molar refractivity (Wildman–Crippen MR) is 82.5 cm³/mol. The zero-order valence-corrected chi connectivity index (χ0v) is 12.6. The number of hydrogen-bond donors (Lipinski definition) is 3. The summed E-state index contributed by atoms with van der Waals surface area (Å²) in [5.74, 6) is 0. The smallest absolute Gasteiger partial charge is 0.242 e. The number of rotatable bonds is 5. The number of aliphatic hydroxyl groups is 1. The lowest BCUT2D eigenvalue weighted by molar-refractivity contribution is 0.259. The number of nitrogens with one attached hydrogen (secondary N) is 1. The average Bonchev–Trinajstić information content (AvgIpc) is 2.48. The highest BCUT2D eigenvalue weighted by atomic mass is 35.5. The summed E-state index contributed by atoms with van der Waals surface area (Å²) in [6, 6.07) is 12.2. The molecule has 0 aliphatic heterocycles. The third-order valence-corrected chi connectivity index (χ3v) is 4.88. The van der Waals surface area contributed by atoms with E-state index in [-0.39, 0.29) is 16.5 Å². The molecule has 0 amide bonds. The number of nitrogen functional groups attached to an aromatic ring is 1. The molecular weight excluding hydrogens is 312 g/mol. The zero-order chi connectivity index (χ0) is 15.5. The minimum Gasteiger partial charge on any atom is -0.399 e. The summed E-state index contributed by atoms with van der Waals surface area (Å²) in [6.45, 7) is -0.372. The first-order chi connectivity index (χ1) is 9.94. The molecule has 0 unspecified atom stereocenters. The van der Waals surface area contributed by atoms with E-state index in [1.807, 2.05) is 0 Å². The van der Waals surface area contributed by atoms with Crippen molar-refractivity contribution in [3.63, 3.8) is 0 Å². The Morgan fingerprint density at radius 3 is 2.48 bits per heavy atom. The van der Waals surface area contributed by atoms with Gasteiger partial charge in [0.05, 0.1) is 17.7 Å². The molecule has 2 aromatic rings. The second kappa shape index (κ2) is 6.44. The maximum absolute atomic E-state index is 12.4. The quantitative estimate of drug-likeness (QED) is 0.732. The molecule has 7 heteroatoms.